The number of rotatable bonds is 12. The number of likely N-dealkylation sites (tertiary alicyclic amines) is 2. The van der Waals surface area contributed by atoms with Gasteiger partial charge in [0.1, 0.15) is 34.7 Å². The lowest BCUT2D eigenvalue weighted by molar-refractivity contribution is -0.136. The number of nitrogens with zero attached hydrogens (tertiary/aromatic N) is 6. The molecule has 0 aliphatic carbocycles. The molecule has 0 saturated carbocycles. The van der Waals surface area contributed by atoms with Crippen LogP contribution in [0.1, 0.15) is 98.0 Å². The molecule has 6 heterocycles. The second-order valence-electron chi connectivity index (χ2n) is 17.7. The molecule has 2 atom stereocenters. The van der Waals surface area contributed by atoms with Crippen LogP contribution in [0.4, 0.5) is 15.9 Å². The lowest BCUT2D eigenvalue weighted by Crippen LogP contribution is -2.54. The number of imide groups is 2. The molecule has 2 unspecified atom stereocenters. The van der Waals surface area contributed by atoms with E-state index < -0.39 is 47.3 Å². The zero-order chi connectivity index (χ0) is 45.5. The van der Waals surface area contributed by atoms with E-state index in [2.05, 4.69) is 25.3 Å². The van der Waals surface area contributed by atoms with Gasteiger partial charge in [-0.2, -0.15) is 5.10 Å². The molecule has 340 valence electrons. The van der Waals surface area contributed by atoms with Gasteiger partial charge in [0.15, 0.2) is 0 Å². The van der Waals surface area contributed by atoms with E-state index in [4.69, 9.17) is 21.3 Å². The molecule has 4 fully saturated rings. The number of nitrogens with two attached hydrogens (primary N) is 2. The van der Waals surface area contributed by atoms with Gasteiger partial charge in [0.05, 0.1) is 29.8 Å². The van der Waals surface area contributed by atoms with E-state index in [-0.39, 0.29) is 53.7 Å². The summed E-state index contributed by atoms with van der Waals surface area (Å²) in [5.74, 6) is -2.69. The average Bonchev–Trinajstić information content (AvgIpc) is 3.99. The summed E-state index contributed by atoms with van der Waals surface area (Å²) < 4.78 is 20.8. The summed E-state index contributed by atoms with van der Waals surface area (Å²) in [5, 5.41) is 9.89. The molecule has 0 bridgehead atoms. The maximum absolute atomic E-state index is 13.8. The van der Waals surface area contributed by atoms with E-state index in [9.17, 15) is 33.2 Å². The number of halogens is 1. The molecular weight excluding hydrogens is 836 g/mol. The van der Waals surface area contributed by atoms with Crippen molar-refractivity contribution < 1.29 is 37.9 Å². The van der Waals surface area contributed by atoms with Crippen LogP contribution in [-0.2, 0) is 16.1 Å². The van der Waals surface area contributed by atoms with Crippen molar-refractivity contribution in [1.29, 1.82) is 0 Å². The van der Waals surface area contributed by atoms with Crippen molar-refractivity contribution >= 4 is 46.9 Å². The molecule has 65 heavy (non-hydrogen) atoms. The molecule has 9 rings (SSSR count). The van der Waals surface area contributed by atoms with Crippen LogP contribution in [0.15, 0.2) is 60.7 Å². The number of hydrogen-bond donors (Lipinski definition) is 4. The third-order valence-electron chi connectivity index (χ3n) is 13.8. The Balaban J connectivity index is 0.748. The van der Waals surface area contributed by atoms with Crippen molar-refractivity contribution in [2.24, 2.45) is 11.7 Å². The van der Waals surface area contributed by atoms with E-state index in [0.29, 0.717) is 28.8 Å². The number of methoxy groups -OCH3 is 1. The first-order valence-corrected chi connectivity index (χ1v) is 22.3. The Morgan fingerprint density at radius 1 is 0.862 bits per heavy atom. The van der Waals surface area contributed by atoms with Gasteiger partial charge in [-0.05, 0) is 99.5 Å². The normalized spacial score (nSPS) is 21.2. The van der Waals surface area contributed by atoms with E-state index in [0.717, 1.165) is 100 Å². The Kier molecular flexibility index (Phi) is 12.1. The van der Waals surface area contributed by atoms with Crippen LogP contribution in [0.5, 0.6) is 5.75 Å². The summed E-state index contributed by atoms with van der Waals surface area (Å²) in [7, 11) is 1.42. The van der Waals surface area contributed by atoms with Crippen molar-refractivity contribution in [3.63, 3.8) is 0 Å². The monoisotopic (exact) mass is 888 g/mol. The first-order chi connectivity index (χ1) is 31.4. The van der Waals surface area contributed by atoms with Gasteiger partial charge in [-0.15, -0.1) is 0 Å². The second-order valence-corrected chi connectivity index (χ2v) is 17.7. The number of nitrogen functional groups attached to an aromatic ring is 1. The molecule has 0 spiro atoms. The minimum absolute atomic E-state index is 0.00589. The largest absolute Gasteiger partial charge is 0.496 e. The Morgan fingerprint density at radius 2 is 1.58 bits per heavy atom. The number of nitrogens with one attached hydrogen (secondary N) is 2. The standard InChI is InChI=1S/C47H53FN10O7/c1-65-38-10-6-30(48)22-36(38)44(61)51-24-27-2-4-29(5-3-27)41-40(43(50)60)42(49)58(53-41)32-15-20-55(21-16-32)31-13-17-54(18-14-31)25-28-12-19-56(26-28)33-7-8-34-35(23-33)47(64)57(46(34)63)37-9-11-39(59)52-45(37)62/h2-8,10,22-23,28,31-32,37H,9,11-21,24-26,49H2,1H3,(H2,50,60)(H,51,61)(H,52,59,62). The topological polar surface area (TPSA) is 219 Å². The van der Waals surface area contributed by atoms with Crippen molar-refractivity contribution in [3.8, 4) is 17.0 Å². The number of benzene rings is 3. The number of piperidine rings is 3. The number of aromatic nitrogens is 2. The zero-order valence-corrected chi connectivity index (χ0v) is 36.3. The highest BCUT2D eigenvalue weighted by molar-refractivity contribution is 6.23. The maximum atomic E-state index is 13.8. The van der Waals surface area contributed by atoms with E-state index in [1.165, 1.54) is 19.2 Å². The molecule has 3 aromatic carbocycles. The summed E-state index contributed by atoms with van der Waals surface area (Å²) >= 11 is 0. The maximum Gasteiger partial charge on any atom is 0.262 e. The summed E-state index contributed by atoms with van der Waals surface area (Å²) in [5.41, 5.74) is 16.1. The number of carbonyl (C=O) groups is 6. The van der Waals surface area contributed by atoms with Crippen LogP contribution < -0.4 is 31.7 Å². The summed E-state index contributed by atoms with van der Waals surface area (Å²) in [6, 6.07) is 15.9. The average molecular weight is 889 g/mol. The molecule has 5 aliphatic rings. The molecule has 0 radical (unpaired) electrons. The van der Waals surface area contributed by atoms with Crippen LogP contribution in [-0.4, -0.2) is 125 Å². The Labute approximate surface area is 375 Å². The highest BCUT2D eigenvalue weighted by atomic mass is 19.1. The highest BCUT2D eigenvalue weighted by Gasteiger charge is 2.45. The quantitative estimate of drug-likeness (QED) is 0.151. The highest BCUT2D eigenvalue weighted by Crippen LogP contribution is 2.36. The first-order valence-electron chi connectivity index (χ1n) is 22.3. The lowest BCUT2D eigenvalue weighted by atomic mass is 9.97. The van der Waals surface area contributed by atoms with E-state index >= 15 is 0 Å². The third kappa shape index (κ3) is 8.67. The van der Waals surface area contributed by atoms with E-state index in [1.807, 2.05) is 30.3 Å². The van der Waals surface area contributed by atoms with Gasteiger partial charge in [-0.1, -0.05) is 24.3 Å². The minimum atomic E-state index is -0.985. The minimum Gasteiger partial charge on any atom is -0.496 e. The summed E-state index contributed by atoms with van der Waals surface area (Å²) in [4.78, 5) is 84.7. The van der Waals surface area contributed by atoms with Gasteiger partial charge < -0.3 is 36.2 Å². The number of hydrogen-bond acceptors (Lipinski definition) is 12. The second kappa shape index (κ2) is 18.1. The number of anilines is 2. The Hall–Kier alpha value is -6.66. The fourth-order valence-corrected chi connectivity index (χ4v) is 10.3. The SMILES string of the molecule is COc1ccc(F)cc1C(=O)NCc1ccc(-c2nn(C3CCN(C4CCN(CC5CCN(c6ccc7c(c6)C(=O)N(C6CCC(=O)NC6=O)C7=O)C5)CC4)CC3)c(N)c2C(N)=O)cc1. The molecule has 6 N–H and O–H groups in total. The van der Waals surface area contributed by atoms with Gasteiger partial charge in [0.2, 0.25) is 11.8 Å². The smallest absolute Gasteiger partial charge is 0.262 e. The van der Waals surface area contributed by atoms with Crippen LogP contribution >= 0.6 is 0 Å². The molecule has 4 saturated heterocycles. The summed E-state index contributed by atoms with van der Waals surface area (Å²) in [6.07, 6.45) is 5.03. The van der Waals surface area contributed by atoms with Crippen LogP contribution in [0, 0.1) is 11.7 Å². The van der Waals surface area contributed by atoms with Gasteiger partial charge in [0, 0.05) is 63.0 Å². The fraction of sp³-hybridized carbons (Fsp3) is 0.426. The van der Waals surface area contributed by atoms with Crippen molar-refractivity contribution in [3.05, 3.63) is 94.3 Å². The van der Waals surface area contributed by atoms with Gasteiger partial charge in [-0.25, -0.2) is 9.07 Å². The van der Waals surface area contributed by atoms with Crippen molar-refractivity contribution in [2.75, 3.05) is 63.6 Å². The van der Waals surface area contributed by atoms with Crippen LogP contribution in [0.2, 0.25) is 0 Å². The van der Waals surface area contributed by atoms with Gasteiger partial charge >= 0.3 is 0 Å². The number of carbonyl (C=O) groups excluding carboxylic acids is 6. The number of ether oxygens (including phenoxy) is 1. The van der Waals surface area contributed by atoms with E-state index in [1.54, 1.807) is 16.8 Å². The third-order valence-corrected chi connectivity index (χ3v) is 13.8. The van der Waals surface area contributed by atoms with Crippen LogP contribution in [0.25, 0.3) is 11.3 Å². The molecule has 4 aromatic rings. The Bertz CT molecular complexity index is 2550. The molecule has 5 aliphatic heterocycles. The molecule has 17 nitrogen and oxygen atoms in total. The van der Waals surface area contributed by atoms with Crippen molar-refractivity contribution in [2.45, 2.75) is 69.6 Å². The van der Waals surface area contributed by atoms with Gasteiger partial charge in [-0.3, -0.25) is 39.0 Å². The van der Waals surface area contributed by atoms with Crippen molar-refractivity contribution in [1.82, 2.24) is 35.1 Å². The lowest BCUT2D eigenvalue weighted by Gasteiger charge is -2.42. The number of primary amides is 1. The zero-order valence-electron chi connectivity index (χ0n) is 36.3. The predicted molar refractivity (Wildman–Crippen MR) is 237 cm³/mol. The molecule has 1 aromatic heterocycles. The fourth-order valence-electron chi connectivity index (χ4n) is 10.3. The van der Waals surface area contributed by atoms with Crippen LogP contribution in [0.3, 0.4) is 0 Å². The number of fused-ring (bicyclic) bond motifs is 1. The molecular formula is C47H53FN10O7. The summed E-state index contributed by atoms with van der Waals surface area (Å²) in [6.45, 7) is 6.66. The molecule has 18 heteroatoms. The predicted octanol–water partition coefficient (Wildman–Crippen LogP) is 3.34. The molecule has 6 amide bonds. The first kappa shape index (κ1) is 43.6. The Morgan fingerprint density at radius 3 is 2.29 bits per heavy atom. The van der Waals surface area contributed by atoms with Gasteiger partial charge in [0.25, 0.3) is 23.6 Å². The number of amides is 6.